The number of rotatable bonds is 6. The van der Waals surface area contributed by atoms with Crippen LogP contribution in [0.15, 0.2) is 47.6 Å². The van der Waals surface area contributed by atoms with E-state index in [1.165, 1.54) is 11.8 Å². The van der Waals surface area contributed by atoms with Crippen molar-refractivity contribution in [2.75, 3.05) is 18.2 Å². The van der Waals surface area contributed by atoms with Gasteiger partial charge in [-0.15, -0.1) is 10.2 Å². The number of thioether (sulfide) groups is 1. The average molecular weight is 445 g/mol. The van der Waals surface area contributed by atoms with Gasteiger partial charge >= 0.3 is 0 Å². The van der Waals surface area contributed by atoms with Crippen molar-refractivity contribution in [1.82, 2.24) is 14.8 Å². The van der Waals surface area contributed by atoms with E-state index in [9.17, 15) is 4.79 Å². The minimum Gasteiger partial charge on any atom is -0.495 e. The number of nitrogens with zero attached hydrogens (tertiary/aromatic N) is 3. The number of ether oxygens (including phenoxy) is 1. The monoisotopic (exact) mass is 444 g/mol. The highest BCUT2D eigenvalue weighted by atomic mass is 35.5. The number of hydrogen-bond acceptors (Lipinski definition) is 5. The Morgan fingerprint density at radius 3 is 2.50 bits per heavy atom. The molecule has 30 heavy (non-hydrogen) atoms. The van der Waals surface area contributed by atoms with E-state index in [1.54, 1.807) is 7.11 Å². The zero-order chi connectivity index (χ0) is 21.9. The van der Waals surface area contributed by atoms with Gasteiger partial charge in [-0.1, -0.05) is 50.2 Å². The van der Waals surface area contributed by atoms with Crippen molar-refractivity contribution >= 4 is 35.0 Å². The van der Waals surface area contributed by atoms with E-state index in [-0.39, 0.29) is 17.1 Å². The Hall–Kier alpha value is -2.51. The SMILES string of the molecule is COc1ccc(C(C)(C)C)cc1NC(=O)CSc1nnc(-c2ccc(Cl)cc2)n1C. The van der Waals surface area contributed by atoms with Gasteiger partial charge in [-0.2, -0.15) is 0 Å². The molecular formula is C22H25ClN4O2S. The number of hydrogen-bond donors (Lipinski definition) is 1. The zero-order valence-electron chi connectivity index (χ0n) is 17.7. The number of carbonyl (C=O) groups excluding carboxylic acids is 1. The molecule has 1 amide bonds. The molecule has 8 heteroatoms. The fourth-order valence-electron chi connectivity index (χ4n) is 2.88. The molecule has 0 aliphatic heterocycles. The summed E-state index contributed by atoms with van der Waals surface area (Å²) in [5.74, 6) is 1.41. The van der Waals surface area contributed by atoms with E-state index in [0.29, 0.717) is 27.4 Å². The third-order valence-electron chi connectivity index (χ3n) is 4.61. The summed E-state index contributed by atoms with van der Waals surface area (Å²) >= 11 is 7.28. The quantitative estimate of drug-likeness (QED) is 0.531. The lowest BCUT2D eigenvalue weighted by Gasteiger charge is -2.21. The summed E-state index contributed by atoms with van der Waals surface area (Å²) in [5.41, 5.74) is 2.66. The van der Waals surface area contributed by atoms with Crippen LogP contribution < -0.4 is 10.1 Å². The van der Waals surface area contributed by atoms with E-state index < -0.39 is 0 Å². The van der Waals surface area contributed by atoms with Crippen molar-refractivity contribution in [3.63, 3.8) is 0 Å². The summed E-state index contributed by atoms with van der Waals surface area (Å²) in [6, 6.07) is 13.3. The van der Waals surface area contributed by atoms with Crippen LogP contribution in [0.4, 0.5) is 5.69 Å². The van der Waals surface area contributed by atoms with Crippen LogP contribution in [-0.4, -0.2) is 33.5 Å². The van der Waals surface area contributed by atoms with Gasteiger partial charge in [0.25, 0.3) is 0 Å². The van der Waals surface area contributed by atoms with Crippen LogP contribution in [0, 0.1) is 0 Å². The largest absolute Gasteiger partial charge is 0.495 e. The molecule has 1 heterocycles. The van der Waals surface area contributed by atoms with Crippen LogP contribution in [-0.2, 0) is 17.3 Å². The number of anilines is 1. The maximum Gasteiger partial charge on any atom is 0.234 e. The maximum absolute atomic E-state index is 12.6. The first-order chi connectivity index (χ1) is 14.2. The predicted molar refractivity (Wildman–Crippen MR) is 122 cm³/mol. The molecule has 3 rings (SSSR count). The van der Waals surface area contributed by atoms with Gasteiger partial charge in [-0.3, -0.25) is 4.79 Å². The summed E-state index contributed by atoms with van der Waals surface area (Å²) in [5, 5.41) is 12.7. The van der Waals surface area contributed by atoms with Crippen molar-refractivity contribution in [1.29, 1.82) is 0 Å². The molecule has 0 saturated heterocycles. The third-order valence-corrected chi connectivity index (χ3v) is 5.88. The number of methoxy groups -OCH3 is 1. The molecule has 0 unspecified atom stereocenters. The molecule has 0 aliphatic carbocycles. The summed E-state index contributed by atoms with van der Waals surface area (Å²) in [7, 11) is 3.47. The molecule has 1 N–H and O–H groups in total. The zero-order valence-corrected chi connectivity index (χ0v) is 19.3. The molecule has 0 aliphatic rings. The average Bonchev–Trinajstić information content (AvgIpc) is 3.06. The van der Waals surface area contributed by atoms with Crippen molar-refractivity contribution < 1.29 is 9.53 Å². The lowest BCUT2D eigenvalue weighted by Crippen LogP contribution is -2.17. The van der Waals surface area contributed by atoms with Crippen molar-refractivity contribution in [2.45, 2.75) is 31.3 Å². The molecule has 3 aromatic rings. The molecular weight excluding hydrogens is 420 g/mol. The number of aromatic nitrogens is 3. The first-order valence-electron chi connectivity index (χ1n) is 9.45. The highest BCUT2D eigenvalue weighted by Gasteiger charge is 2.18. The van der Waals surface area contributed by atoms with Crippen LogP contribution in [0.25, 0.3) is 11.4 Å². The molecule has 0 saturated carbocycles. The van der Waals surface area contributed by atoms with Crippen LogP contribution >= 0.6 is 23.4 Å². The third kappa shape index (κ3) is 5.15. The van der Waals surface area contributed by atoms with E-state index in [0.717, 1.165) is 11.1 Å². The van der Waals surface area contributed by atoms with E-state index in [2.05, 4.69) is 36.3 Å². The normalized spacial score (nSPS) is 11.4. The molecule has 2 aromatic carbocycles. The second kappa shape index (κ2) is 9.10. The fourth-order valence-corrected chi connectivity index (χ4v) is 3.72. The van der Waals surface area contributed by atoms with Crippen molar-refractivity contribution in [2.24, 2.45) is 7.05 Å². The molecule has 0 bridgehead atoms. The molecule has 0 spiro atoms. The first-order valence-corrected chi connectivity index (χ1v) is 10.8. The van der Waals surface area contributed by atoms with E-state index in [4.69, 9.17) is 16.3 Å². The second-order valence-corrected chi connectivity index (χ2v) is 9.25. The van der Waals surface area contributed by atoms with E-state index in [1.807, 2.05) is 54.1 Å². The van der Waals surface area contributed by atoms with Gasteiger partial charge in [0.15, 0.2) is 11.0 Å². The Morgan fingerprint density at radius 2 is 1.87 bits per heavy atom. The van der Waals surface area contributed by atoms with Crippen LogP contribution in [0.3, 0.4) is 0 Å². The molecule has 1 aromatic heterocycles. The highest BCUT2D eigenvalue weighted by Crippen LogP contribution is 2.32. The van der Waals surface area contributed by atoms with Crippen molar-refractivity contribution in [3.05, 3.63) is 53.1 Å². The standard InChI is InChI=1S/C22H25ClN4O2S/c1-22(2,3)15-8-11-18(29-5)17(12-15)24-19(28)13-30-21-26-25-20(27(21)4)14-6-9-16(23)10-7-14/h6-12H,13H2,1-5H3,(H,24,28). The summed E-state index contributed by atoms with van der Waals surface area (Å²) in [6.45, 7) is 6.38. The topological polar surface area (TPSA) is 69.0 Å². The number of benzene rings is 2. The summed E-state index contributed by atoms with van der Waals surface area (Å²) < 4.78 is 7.26. The number of carbonyl (C=O) groups is 1. The Morgan fingerprint density at radius 1 is 1.17 bits per heavy atom. The lowest BCUT2D eigenvalue weighted by atomic mass is 9.87. The van der Waals surface area contributed by atoms with Gasteiger partial charge in [0.1, 0.15) is 5.75 Å². The Labute approximate surface area is 186 Å². The van der Waals surface area contributed by atoms with Crippen LogP contribution in [0.2, 0.25) is 5.02 Å². The lowest BCUT2D eigenvalue weighted by molar-refractivity contribution is -0.113. The smallest absolute Gasteiger partial charge is 0.234 e. The van der Waals surface area contributed by atoms with Crippen molar-refractivity contribution in [3.8, 4) is 17.1 Å². The summed E-state index contributed by atoms with van der Waals surface area (Å²) in [4.78, 5) is 12.6. The van der Waals surface area contributed by atoms with Gasteiger partial charge in [0.2, 0.25) is 5.91 Å². The number of amides is 1. The Balaban J connectivity index is 1.69. The fraction of sp³-hybridized carbons (Fsp3) is 0.318. The Kier molecular flexibility index (Phi) is 6.73. The van der Waals surface area contributed by atoms with Gasteiger partial charge in [0.05, 0.1) is 18.6 Å². The first kappa shape index (κ1) is 22.2. The second-order valence-electron chi connectivity index (χ2n) is 7.87. The highest BCUT2D eigenvalue weighted by molar-refractivity contribution is 7.99. The number of nitrogens with one attached hydrogen (secondary N) is 1. The predicted octanol–water partition coefficient (Wildman–Crippen LogP) is 5.17. The molecule has 6 nitrogen and oxygen atoms in total. The molecule has 0 radical (unpaired) electrons. The minimum atomic E-state index is -0.139. The van der Waals surface area contributed by atoms with E-state index >= 15 is 0 Å². The number of halogens is 1. The molecule has 0 atom stereocenters. The van der Waals surface area contributed by atoms with Gasteiger partial charge in [-0.05, 0) is 47.4 Å². The molecule has 158 valence electrons. The van der Waals surface area contributed by atoms with Crippen LogP contribution in [0.1, 0.15) is 26.3 Å². The van der Waals surface area contributed by atoms with Crippen LogP contribution in [0.5, 0.6) is 5.75 Å². The minimum absolute atomic E-state index is 0.0306. The maximum atomic E-state index is 12.6. The Bertz CT molecular complexity index is 1040. The van der Waals surface area contributed by atoms with Gasteiger partial charge in [0, 0.05) is 17.6 Å². The van der Waals surface area contributed by atoms with Gasteiger partial charge < -0.3 is 14.6 Å². The molecule has 0 fully saturated rings. The van der Waals surface area contributed by atoms with Gasteiger partial charge in [-0.25, -0.2) is 0 Å². The summed E-state index contributed by atoms with van der Waals surface area (Å²) in [6.07, 6.45) is 0.